The summed E-state index contributed by atoms with van der Waals surface area (Å²) in [5.74, 6) is 1.73. The van der Waals surface area contributed by atoms with Gasteiger partial charge in [0.05, 0.1) is 12.2 Å². The third-order valence-electron chi connectivity index (χ3n) is 2.90. The van der Waals surface area contributed by atoms with Gasteiger partial charge in [0, 0.05) is 18.5 Å². The number of benzene rings is 1. The number of nitrogens with one attached hydrogen (secondary N) is 1. The van der Waals surface area contributed by atoms with Crippen LogP contribution in [0.1, 0.15) is 17.0 Å². The third-order valence-corrected chi connectivity index (χ3v) is 2.90. The van der Waals surface area contributed by atoms with Crippen molar-refractivity contribution in [2.45, 2.75) is 19.9 Å². The van der Waals surface area contributed by atoms with Crippen LogP contribution in [0.4, 0.5) is 0 Å². The summed E-state index contributed by atoms with van der Waals surface area (Å²) in [5, 5.41) is 3.28. The molecule has 2 heterocycles. The Morgan fingerprint density at radius 2 is 2.00 bits per heavy atom. The van der Waals surface area contributed by atoms with Crippen molar-refractivity contribution < 1.29 is 4.42 Å². The molecule has 90 valence electrons. The monoisotopic (exact) mass is 250 g/mol. The van der Waals surface area contributed by atoms with Crippen LogP contribution in [0.25, 0.3) is 11.5 Å². The fraction of sp³-hybridized carbons (Fsp3) is 0.308. The lowest BCUT2D eigenvalue weighted by atomic mass is 10.1. The minimum atomic E-state index is 0. The van der Waals surface area contributed by atoms with Crippen molar-refractivity contribution in [3.05, 3.63) is 41.3 Å². The van der Waals surface area contributed by atoms with Gasteiger partial charge in [-0.3, -0.25) is 0 Å². The molecule has 0 saturated heterocycles. The molecule has 1 aromatic carbocycles. The molecule has 1 aromatic heterocycles. The first kappa shape index (κ1) is 12.1. The van der Waals surface area contributed by atoms with Gasteiger partial charge in [0.1, 0.15) is 5.76 Å². The summed E-state index contributed by atoms with van der Waals surface area (Å²) < 4.78 is 5.76. The molecule has 2 aromatic rings. The van der Waals surface area contributed by atoms with Gasteiger partial charge in [-0.2, -0.15) is 0 Å². The molecule has 0 saturated carbocycles. The lowest BCUT2D eigenvalue weighted by Gasteiger charge is -2.08. The van der Waals surface area contributed by atoms with Crippen molar-refractivity contribution in [3.8, 4) is 11.5 Å². The van der Waals surface area contributed by atoms with Crippen molar-refractivity contribution in [2.75, 3.05) is 6.54 Å². The van der Waals surface area contributed by atoms with Crippen molar-refractivity contribution in [3.63, 3.8) is 0 Å². The Morgan fingerprint density at radius 3 is 2.71 bits per heavy atom. The molecule has 1 aliphatic heterocycles. The second-order valence-electron chi connectivity index (χ2n) is 4.18. The van der Waals surface area contributed by atoms with Gasteiger partial charge in [0.15, 0.2) is 0 Å². The molecule has 0 fully saturated rings. The number of fused-ring (bicyclic) bond motifs is 1. The number of aromatic nitrogens is 1. The van der Waals surface area contributed by atoms with Crippen molar-refractivity contribution in [1.82, 2.24) is 10.3 Å². The first-order valence-electron chi connectivity index (χ1n) is 5.59. The summed E-state index contributed by atoms with van der Waals surface area (Å²) in [6.07, 6.45) is 0.963. The highest BCUT2D eigenvalue weighted by atomic mass is 35.5. The highest BCUT2D eigenvalue weighted by Gasteiger charge is 2.17. The Kier molecular flexibility index (Phi) is 3.50. The number of aryl methyl sites for hydroxylation is 1. The second kappa shape index (κ2) is 4.90. The van der Waals surface area contributed by atoms with E-state index in [0.29, 0.717) is 0 Å². The molecular weight excluding hydrogens is 236 g/mol. The highest BCUT2D eigenvalue weighted by molar-refractivity contribution is 5.85. The zero-order valence-electron chi connectivity index (χ0n) is 9.69. The van der Waals surface area contributed by atoms with E-state index in [4.69, 9.17) is 4.42 Å². The molecule has 3 nitrogen and oxygen atoms in total. The van der Waals surface area contributed by atoms with E-state index in [-0.39, 0.29) is 12.4 Å². The van der Waals surface area contributed by atoms with Gasteiger partial charge in [-0.25, -0.2) is 4.98 Å². The smallest absolute Gasteiger partial charge is 0.226 e. The minimum absolute atomic E-state index is 0. The van der Waals surface area contributed by atoms with Gasteiger partial charge in [-0.05, 0) is 19.1 Å². The van der Waals surface area contributed by atoms with Crippen LogP contribution in [0, 0.1) is 6.92 Å². The fourth-order valence-corrected chi connectivity index (χ4v) is 1.95. The molecule has 3 rings (SSSR count). The molecule has 0 atom stereocenters. The fourth-order valence-electron chi connectivity index (χ4n) is 1.95. The minimum Gasteiger partial charge on any atom is -0.440 e. The maximum atomic E-state index is 5.76. The number of hydrogen-bond donors (Lipinski definition) is 1. The van der Waals surface area contributed by atoms with Crippen LogP contribution in [0.5, 0.6) is 0 Å². The summed E-state index contributed by atoms with van der Waals surface area (Å²) in [6.45, 7) is 3.87. The van der Waals surface area contributed by atoms with Crippen LogP contribution in [-0.4, -0.2) is 11.5 Å². The Hall–Kier alpha value is -1.32. The van der Waals surface area contributed by atoms with Gasteiger partial charge >= 0.3 is 0 Å². The summed E-state index contributed by atoms with van der Waals surface area (Å²) in [7, 11) is 0. The molecule has 0 unspecified atom stereocenters. The van der Waals surface area contributed by atoms with Crippen molar-refractivity contribution in [2.24, 2.45) is 0 Å². The van der Waals surface area contributed by atoms with E-state index in [1.807, 2.05) is 0 Å². The van der Waals surface area contributed by atoms with Crippen LogP contribution < -0.4 is 5.32 Å². The standard InChI is InChI=1S/C13H14N2O.ClH/c1-9-2-4-10(5-3-9)13-15-11-6-7-14-8-12(11)16-13;/h2-5,14H,6-8H2,1H3;1H. The molecular formula is C13H15ClN2O. The maximum Gasteiger partial charge on any atom is 0.226 e. The molecule has 17 heavy (non-hydrogen) atoms. The van der Waals surface area contributed by atoms with Gasteiger partial charge in [-0.15, -0.1) is 12.4 Å². The van der Waals surface area contributed by atoms with E-state index < -0.39 is 0 Å². The molecule has 0 spiro atoms. The summed E-state index contributed by atoms with van der Waals surface area (Å²) in [5.41, 5.74) is 3.41. The molecule has 4 heteroatoms. The van der Waals surface area contributed by atoms with Gasteiger partial charge in [-0.1, -0.05) is 17.7 Å². The van der Waals surface area contributed by atoms with E-state index in [1.165, 1.54) is 5.56 Å². The van der Waals surface area contributed by atoms with Gasteiger partial charge in [0.25, 0.3) is 0 Å². The molecule has 1 N–H and O–H groups in total. The maximum absolute atomic E-state index is 5.76. The second-order valence-corrected chi connectivity index (χ2v) is 4.18. The Morgan fingerprint density at radius 1 is 1.24 bits per heavy atom. The van der Waals surface area contributed by atoms with E-state index >= 15 is 0 Å². The summed E-state index contributed by atoms with van der Waals surface area (Å²) in [4.78, 5) is 4.54. The number of oxazole rings is 1. The van der Waals surface area contributed by atoms with Crippen LogP contribution in [0.3, 0.4) is 0 Å². The zero-order chi connectivity index (χ0) is 11.0. The first-order chi connectivity index (χ1) is 7.83. The van der Waals surface area contributed by atoms with E-state index in [1.54, 1.807) is 0 Å². The van der Waals surface area contributed by atoms with Crippen LogP contribution in [0.2, 0.25) is 0 Å². The number of nitrogens with zero attached hydrogens (tertiary/aromatic N) is 1. The lowest BCUT2D eigenvalue weighted by molar-refractivity contribution is 0.472. The SMILES string of the molecule is Cc1ccc(-c2nc3c(o2)CNCC3)cc1.Cl. The normalized spacial score (nSPS) is 13.9. The van der Waals surface area contributed by atoms with Crippen molar-refractivity contribution in [1.29, 1.82) is 0 Å². The molecule has 1 aliphatic rings. The summed E-state index contributed by atoms with van der Waals surface area (Å²) >= 11 is 0. The predicted molar refractivity (Wildman–Crippen MR) is 69.3 cm³/mol. The average molecular weight is 251 g/mol. The van der Waals surface area contributed by atoms with Crippen LogP contribution in [0.15, 0.2) is 28.7 Å². The predicted octanol–water partition coefficient (Wildman–Crippen LogP) is 2.72. The summed E-state index contributed by atoms with van der Waals surface area (Å²) in [6, 6.07) is 8.27. The number of halogens is 1. The number of rotatable bonds is 1. The van der Waals surface area contributed by atoms with E-state index in [0.717, 1.165) is 42.4 Å². The van der Waals surface area contributed by atoms with Crippen molar-refractivity contribution >= 4 is 12.4 Å². The Labute approximate surface area is 107 Å². The average Bonchev–Trinajstić information content (AvgIpc) is 2.73. The Balaban J connectivity index is 0.00000108. The quantitative estimate of drug-likeness (QED) is 0.846. The third kappa shape index (κ3) is 2.35. The largest absolute Gasteiger partial charge is 0.440 e. The van der Waals surface area contributed by atoms with Crippen LogP contribution >= 0.6 is 12.4 Å². The van der Waals surface area contributed by atoms with Gasteiger partial charge < -0.3 is 9.73 Å². The van der Waals surface area contributed by atoms with Gasteiger partial charge in [0.2, 0.25) is 5.89 Å². The molecule has 0 radical (unpaired) electrons. The van der Waals surface area contributed by atoms with Crippen LogP contribution in [-0.2, 0) is 13.0 Å². The van der Waals surface area contributed by atoms with E-state index in [9.17, 15) is 0 Å². The molecule has 0 bridgehead atoms. The Bertz CT molecular complexity index is 481. The topological polar surface area (TPSA) is 38.1 Å². The number of hydrogen-bond acceptors (Lipinski definition) is 3. The lowest BCUT2D eigenvalue weighted by Crippen LogP contribution is -2.22. The zero-order valence-corrected chi connectivity index (χ0v) is 10.5. The van der Waals surface area contributed by atoms with E-state index in [2.05, 4.69) is 41.5 Å². The first-order valence-corrected chi connectivity index (χ1v) is 5.59. The molecule has 0 amide bonds. The highest BCUT2D eigenvalue weighted by Crippen LogP contribution is 2.23. The molecule has 0 aliphatic carbocycles.